The number of rotatable bonds is 2. The molecule has 1 aromatic carbocycles. The predicted octanol–water partition coefficient (Wildman–Crippen LogP) is 3.14. The molecule has 0 aliphatic carbocycles. The highest BCUT2D eigenvalue weighted by Gasteiger charge is 2.27. The number of nitrogens with zero attached hydrogens (tertiary/aromatic N) is 4. The molecule has 138 valence electrons. The second kappa shape index (κ2) is 6.70. The summed E-state index contributed by atoms with van der Waals surface area (Å²) in [5, 5.41) is 0.708. The first-order valence-electron chi connectivity index (χ1n) is 8.55. The van der Waals surface area contributed by atoms with E-state index in [0.717, 1.165) is 16.8 Å². The molecular formula is C19H18FN5OS. The van der Waals surface area contributed by atoms with E-state index in [0.29, 0.717) is 46.5 Å². The molecule has 6 nitrogen and oxygen atoms in total. The van der Waals surface area contributed by atoms with Crippen LogP contribution in [0.3, 0.4) is 0 Å². The van der Waals surface area contributed by atoms with Gasteiger partial charge in [-0.2, -0.15) is 0 Å². The Bertz CT molecular complexity index is 1050. The fourth-order valence-corrected chi connectivity index (χ4v) is 4.21. The van der Waals surface area contributed by atoms with Gasteiger partial charge in [0.15, 0.2) is 0 Å². The Balaban J connectivity index is 1.62. The van der Waals surface area contributed by atoms with E-state index in [1.807, 2.05) is 6.92 Å². The SMILES string of the molecule is Cc1cc(-c2nc(C)c(C(=O)N3CCc4ncnc(N)c4C3)s2)ccc1F. The van der Waals surface area contributed by atoms with Crippen molar-refractivity contribution < 1.29 is 9.18 Å². The molecular weight excluding hydrogens is 365 g/mol. The minimum absolute atomic E-state index is 0.0796. The minimum Gasteiger partial charge on any atom is -0.383 e. The van der Waals surface area contributed by atoms with E-state index < -0.39 is 0 Å². The Labute approximate surface area is 159 Å². The van der Waals surface area contributed by atoms with Crippen molar-refractivity contribution in [3.63, 3.8) is 0 Å². The van der Waals surface area contributed by atoms with Gasteiger partial charge in [-0.25, -0.2) is 19.3 Å². The zero-order chi connectivity index (χ0) is 19.1. The number of benzene rings is 1. The minimum atomic E-state index is -0.255. The maximum Gasteiger partial charge on any atom is 0.266 e. The van der Waals surface area contributed by atoms with Crippen molar-refractivity contribution in [3.8, 4) is 10.6 Å². The number of amides is 1. The van der Waals surface area contributed by atoms with Crippen LogP contribution in [0.1, 0.15) is 32.2 Å². The number of carbonyl (C=O) groups is 1. The first-order chi connectivity index (χ1) is 12.9. The van der Waals surface area contributed by atoms with Crippen LogP contribution in [-0.2, 0) is 13.0 Å². The van der Waals surface area contributed by atoms with Crippen LogP contribution in [0.15, 0.2) is 24.5 Å². The average Bonchev–Trinajstić information content (AvgIpc) is 3.05. The van der Waals surface area contributed by atoms with E-state index in [-0.39, 0.29) is 11.7 Å². The molecule has 0 unspecified atom stereocenters. The van der Waals surface area contributed by atoms with Gasteiger partial charge in [0.05, 0.1) is 17.9 Å². The fraction of sp³-hybridized carbons (Fsp3) is 0.263. The molecule has 4 rings (SSSR count). The normalized spacial score (nSPS) is 13.5. The third kappa shape index (κ3) is 3.16. The Morgan fingerprint density at radius 1 is 1.30 bits per heavy atom. The standard InChI is InChI=1S/C19H18FN5OS/c1-10-7-12(3-4-14(10)20)18-24-11(2)16(27-18)19(26)25-6-5-15-13(8-25)17(21)23-9-22-15/h3-4,7,9H,5-6,8H2,1-2H3,(H2,21,22,23). The van der Waals surface area contributed by atoms with Crippen LogP contribution in [0.2, 0.25) is 0 Å². The van der Waals surface area contributed by atoms with Gasteiger partial charge < -0.3 is 10.6 Å². The van der Waals surface area contributed by atoms with Gasteiger partial charge in [-0.3, -0.25) is 4.79 Å². The first kappa shape index (κ1) is 17.5. The summed E-state index contributed by atoms with van der Waals surface area (Å²) in [6.45, 7) is 4.50. The molecule has 3 aromatic rings. The summed E-state index contributed by atoms with van der Waals surface area (Å²) in [7, 11) is 0. The van der Waals surface area contributed by atoms with Gasteiger partial charge in [-0.1, -0.05) is 0 Å². The number of thiazole rings is 1. The van der Waals surface area contributed by atoms with Gasteiger partial charge in [0.25, 0.3) is 5.91 Å². The lowest BCUT2D eigenvalue weighted by atomic mass is 10.1. The van der Waals surface area contributed by atoms with Crippen LogP contribution < -0.4 is 5.73 Å². The van der Waals surface area contributed by atoms with Crippen molar-refractivity contribution in [2.45, 2.75) is 26.8 Å². The van der Waals surface area contributed by atoms with Gasteiger partial charge in [0, 0.05) is 24.1 Å². The zero-order valence-corrected chi connectivity index (χ0v) is 15.8. The van der Waals surface area contributed by atoms with Gasteiger partial charge in [0.1, 0.15) is 27.8 Å². The Morgan fingerprint density at radius 2 is 2.11 bits per heavy atom. The van der Waals surface area contributed by atoms with E-state index in [4.69, 9.17) is 5.73 Å². The smallest absolute Gasteiger partial charge is 0.266 e. The summed E-state index contributed by atoms with van der Waals surface area (Å²) in [6.07, 6.45) is 2.10. The van der Waals surface area contributed by atoms with Crippen LogP contribution in [0.25, 0.3) is 10.6 Å². The van der Waals surface area contributed by atoms with Crippen molar-refractivity contribution in [2.24, 2.45) is 0 Å². The van der Waals surface area contributed by atoms with Crippen LogP contribution in [-0.4, -0.2) is 32.3 Å². The molecule has 2 aromatic heterocycles. The van der Waals surface area contributed by atoms with Gasteiger partial charge >= 0.3 is 0 Å². The topological polar surface area (TPSA) is 85.0 Å². The van der Waals surface area contributed by atoms with Crippen molar-refractivity contribution in [1.82, 2.24) is 19.9 Å². The number of carbonyl (C=O) groups excluding carboxylic acids is 1. The number of hydrogen-bond acceptors (Lipinski definition) is 6. The molecule has 0 saturated heterocycles. The summed E-state index contributed by atoms with van der Waals surface area (Å²) < 4.78 is 13.5. The molecule has 1 amide bonds. The highest BCUT2D eigenvalue weighted by Crippen LogP contribution is 2.31. The van der Waals surface area contributed by atoms with Gasteiger partial charge in [0.2, 0.25) is 0 Å². The van der Waals surface area contributed by atoms with Gasteiger partial charge in [-0.15, -0.1) is 11.3 Å². The van der Waals surface area contributed by atoms with Crippen LogP contribution in [0, 0.1) is 19.7 Å². The lowest BCUT2D eigenvalue weighted by Gasteiger charge is -2.28. The third-order valence-corrected chi connectivity index (χ3v) is 5.91. The van der Waals surface area contributed by atoms with Crippen LogP contribution >= 0.6 is 11.3 Å². The number of nitrogen functional groups attached to an aromatic ring is 1. The van der Waals surface area contributed by atoms with Crippen molar-refractivity contribution in [2.75, 3.05) is 12.3 Å². The molecule has 27 heavy (non-hydrogen) atoms. The maximum atomic E-state index is 13.5. The lowest BCUT2D eigenvalue weighted by molar-refractivity contribution is 0.0738. The third-order valence-electron chi connectivity index (χ3n) is 4.72. The molecule has 0 spiro atoms. The number of aromatic nitrogens is 3. The van der Waals surface area contributed by atoms with E-state index in [2.05, 4.69) is 15.0 Å². The number of fused-ring (bicyclic) bond motifs is 1. The Morgan fingerprint density at radius 3 is 2.89 bits per heavy atom. The predicted molar refractivity (Wildman–Crippen MR) is 102 cm³/mol. The average molecular weight is 383 g/mol. The van der Waals surface area contributed by atoms with Crippen molar-refractivity contribution in [3.05, 3.63) is 57.7 Å². The molecule has 1 aliphatic rings. The Hall–Kier alpha value is -2.87. The van der Waals surface area contributed by atoms with Crippen molar-refractivity contribution >= 4 is 23.1 Å². The molecule has 2 N–H and O–H groups in total. The van der Waals surface area contributed by atoms with Gasteiger partial charge in [-0.05, 0) is 37.6 Å². The second-order valence-electron chi connectivity index (χ2n) is 6.56. The van der Waals surface area contributed by atoms with E-state index in [9.17, 15) is 9.18 Å². The monoisotopic (exact) mass is 383 g/mol. The molecule has 0 atom stereocenters. The largest absolute Gasteiger partial charge is 0.383 e. The van der Waals surface area contributed by atoms with E-state index in [1.54, 1.807) is 24.0 Å². The molecule has 8 heteroatoms. The second-order valence-corrected chi connectivity index (χ2v) is 7.56. The number of anilines is 1. The van der Waals surface area contributed by atoms with E-state index >= 15 is 0 Å². The molecule has 0 radical (unpaired) electrons. The lowest BCUT2D eigenvalue weighted by Crippen LogP contribution is -2.36. The van der Waals surface area contributed by atoms with Crippen molar-refractivity contribution in [1.29, 1.82) is 0 Å². The summed E-state index contributed by atoms with van der Waals surface area (Å²) in [5.41, 5.74) is 9.69. The van der Waals surface area contributed by atoms with E-state index in [1.165, 1.54) is 23.7 Å². The number of hydrogen-bond donors (Lipinski definition) is 1. The number of aryl methyl sites for hydroxylation is 2. The number of nitrogens with two attached hydrogens (primary N) is 1. The first-order valence-corrected chi connectivity index (χ1v) is 9.37. The Kier molecular flexibility index (Phi) is 4.35. The molecule has 1 aliphatic heterocycles. The maximum absolute atomic E-state index is 13.5. The van der Waals surface area contributed by atoms with Crippen LogP contribution in [0.4, 0.5) is 10.2 Å². The molecule has 0 bridgehead atoms. The zero-order valence-electron chi connectivity index (χ0n) is 15.0. The fourth-order valence-electron chi connectivity index (χ4n) is 3.18. The summed E-state index contributed by atoms with van der Waals surface area (Å²) in [6, 6.07) is 4.86. The summed E-state index contributed by atoms with van der Waals surface area (Å²) in [5.74, 6) is 0.0834. The highest BCUT2D eigenvalue weighted by atomic mass is 32.1. The van der Waals surface area contributed by atoms with Crippen LogP contribution in [0.5, 0.6) is 0 Å². The molecule has 0 saturated carbocycles. The summed E-state index contributed by atoms with van der Waals surface area (Å²) in [4.78, 5) is 28.2. The molecule has 3 heterocycles. The highest BCUT2D eigenvalue weighted by molar-refractivity contribution is 7.17. The summed E-state index contributed by atoms with van der Waals surface area (Å²) >= 11 is 1.33. The quantitative estimate of drug-likeness (QED) is 0.735. The molecule has 0 fully saturated rings. The number of halogens is 1.